The number of hydrogen-bond acceptors (Lipinski definition) is 0. The average Bonchev–Trinajstić information content (AvgIpc) is 3.93. The van der Waals surface area contributed by atoms with E-state index in [0.717, 1.165) is 19.1 Å². The topological polar surface area (TPSA) is 0 Å². The summed E-state index contributed by atoms with van der Waals surface area (Å²) in [6.07, 6.45) is 11.0. The fourth-order valence-electron chi connectivity index (χ4n) is 7.57. The molecule has 210 valence electrons. The van der Waals surface area contributed by atoms with Crippen molar-refractivity contribution in [2.45, 2.75) is 46.0 Å². The third kappa shape index (κ3) is 5.21. The van der Waals surface area contributed by atoms with Crippen molar-refractivity contribution in [3.63, 3.8) is 0 Å². The van der Waals surface area contributed by atoms with E-state index in [9.17, 15) is 0 Å². The molecular weight excluding hydrogens is 647 g/mol. The van der Waals surface area contributed by atoms with Gasteiger partial charge in [0.25, 0.3) is 0 Å². The van der Waals surface area contributed by atoms with Crippen LogP contribution in [0.15, 0.2) is 108 Å². The van der Waals surface area contributed by atoms with E-state index in [1.165, 1.54) is 47.9 Å². The van der Waals surface area contributed by atoms with Crippen molar-refractivity contribution < 1.29 is 45.2 Å². The summed E-state index contributed by atoms with van der Waals surface area (Å²) < 4.78 is 1.46. The molecule has 2 atom stereocenters. The van der Waals surface area contributed by atoms with Crippen molar-refractivity contribution in [3.05, 3.63) is 130 Å². The molecule has 4 aliphatic rings. The maximum Gasteiger partial charge on any atom is -1.00 e. The van der Waals surface area contributed by atoms with Gasteiger partial charge in [-0.3, -0.25) is 0 Å². The standard InChI is InChI=1S/2C18H15.C2H6Si.2ClH.Zr/c2*1-2-5-14(6-3-1)17-8-4-7-15-11-16(12-18(15)17)13-9-10-13;1-3-2;;;/h2*1-8,11-13H,9-10H2;1-2H3;2*1H;/q;;;;;+2/p-2. The van der Waals surface area contributed by atoms with E-state index in [-0.39, 0.29) is 24.8 Å². The van der Waals surface area contributed by atoms with Gasteiger partial charge >= 0.3 is 249 Å². The van der Waals surface area contributed by atoms with Crippen LogP contribution in [0.25, 0.3) is 34.4 Å². The fraction of sp³-hybridized carbons (Fsp3) is 0.263. The average molecular weight is 683 g/mol. The van der Waals surface area contributed by atoms with E-state index in [1.807, 2.05) is 11.1 Å². The summed E-state index contributed by atoms with van der Waals surface area (Å²) in [4.78, 5) is 0. The summed E-state index contributed by atoms with van der Waals surface area (Å²) in [5.74, 6) is 1.64. The molecule has 2 saturated carbocycles. The van der Waals surface area contributed by atoms with Crippen LogP contribution in [0.3, 0.4) is 0 Å². The van der Waals surface area contributed by atoms with Gasteiger partial charge in [-0.15, -0.1) is 0 Å². The molecule has 0 spiro atoms. The zero-order valence-electron chi connectivity index (χ0n) is 24.3. The van der Waals surface area contributed by atoms with E-state index in [2.05, 4.69) is 122 Å². The Morgan fingerprint density at radius 3 is 1.29 bits per heavy atom. The van der Waals surface area contributed by atoms with Crippen molar-refractivity contribution in [2.24, 2.45) is 11.8 Å². The first kappa shape index (κ1) is 30.1. The van der Waals surface area contributed by atoms with Gasteiger partial charge in [0.1, 0.15) is 0 Å². The van der Waals surface area contributed by atoms with Gasteiger partial charge in [-0.05, 0) is 0 Å². The van der Waals surface area contributed by atoms with Gasteiger partial charge in [0.15, 0.2) is 0 Å². The molecule has 4 aliphatic carbocycles. The number of allylic oxidation sites excluding steroid dienone is 2. The maximum atomic E-state index is 2.70. The summed E-state index contributed by atoms with van der Waals surface area (Å²) in [6, 6.07) is 36.8. The van der Waals surface area contributed by atoms with Crippen LogP contribution in [-0.4, -0.2) is 5.43 Å². The number of hydrogen-bond donors (Lipinski definition) is 0. The molecule has 4 aromatic carbocycles. The van der Waals surface area contributed by atoms with Gasteiger partial charge < -0.3 is 24.8 Å². The Morgan fingerprint density at radius 2 is 0.929 bits per heavy atom. The molecule has 42 heavy (non-hydrogen) atoms. The Morgan fingerprint density at radius 1 is 0.524 bits per heavy atom. The molecule has 0 radical (unpaired) electrons. The van der Waals surface area contributed by atoms with E-state index in [4.69, 9.17) is 0 Å². The third-order valence-electron chi connectivity index (χ3n) is 9.66. The van der Waals surface area contributed by atoms with Gasteiger partial charge in [0.05, 0.1) is 0 Å². The van der Waals surface area contributed by atoms with Gasteiger partial charge in [-0.2, -0.15) is 0 Å². The van der Waals surface area contributed by atoms with Crippen LogP contribution < -0.4 is 24.8 Å². The molecule has 4 heteroatoms. The van der Waals surface area contributed by atoms with Crippen LogP contribution in [0.5, 0.6) is 0 Å². The zero-order chi connectivity index (χ0) is 26.8. The van der Waals surface area contributed by atoms with Gasteiger partial charge in [0, 0.05) is 0 Å². The Hall–Kier alpha value is -1.96. The molecule has 0 bridgehead atoms. The van der Waals surface area contributed by atoms with E-state index in [1.54, 1.807) is 22.3 Å². The van der Waals surface area contributed by atoms with E-state index >= 15 is 0 Å². The van der Waals surface area contributed by atoms with Crippen LogP contribution in [0.4, 0.5) is 0 Å². The van der Waals surface area contributed by atoms with Crippen molar-refractivity contribution in [1.29, 1.82) is 0 Å². The number of benzene rings is 4. The molecule has 0 aromatic heterocycles. The first-order valence-corrected chi connectivity index (χ1v) is 24.2. The van der Waals surface area contributed by atoms with E-state index < -0.39 is 25.8 Å². The van der Waals surface area contributed by atoms with Crippen LogP contribution in [0.1, 0.15) is 55.2 Å². The zero-order valence-corrected chi connectivity index (χ0v) is 29.3. The normalized spacial score (nSPS) is 19.7. The molecule has 0 heterocycles. The second-order valence-corrected chi connectivity index (χ2v) is 30.4. The van der Waals surface area contributed by atoms with Crippen molar-refractivity contribution >= 4 is 17.6 Å². The SMILES string of the molecule is C[Si](C)=[Zr+2]([CH]1C(C2CC2)=Cc2c(-c3ccccc3)cccc21)[CH]1C(C2CC2)=Cc2c(-c3ccccc3)cccc21.[Cl-].[Cl-]. The second-order valence-electron chi connectivity index (χ2n) is 12.5. The first-order valence-electron chi connectivity index (χ1n) is 15.2. The molecule has 0 aliphatic heterocycles. The van der Waals surface area contributed by atoms with Gasteiger partial charge in [-0.25, -0.2) is 0 Å². The molecule has 0 nitrogen and oxygen atoms in total. The minimum absolute atomic E-state index is 0. The molecule has 0 amide bonds. The number of fused-ring (bicyclic) bond motifs is 2. The smallest absolute Gasteiger partial charge is 1.00 e. The molecule has 0 N–H and O–H groups in total. The Kier molecular flexibility index (Phi) is 8.74. The second kappa shape index (κ2) is 12.2. The first-order chi connectivity index (χ1) is 19.7. The summed E-state index contributed by atoms with van der Waals surface area (Å²) in [7, 11) is 0. The molecule has 4 aromatic rings. The van der Waals surface area contributed by atoms with Crippen LogP contribution in [-0.2, 0) is 20.4 Å². The predicted molar refractivity (Wildman–Crippen MR) is 168 cm³/mol. The Labute approximate surface area is 271 Å². The van der Waals surface area contributed by atoms with Gasteiger partial charge in [-0.1, -0.05) is 0 Å². The molecule has 2 unspecified atom stereocenters. The van der Waals surface area contributed by atoms with Crippen molar-refractivity contribution in [1.82, 2.24) is 0 Å². The monoisotopic (exact) mass is 680 g/mol. The van der Waals surface area contributed by atoms with Crippen LogP contribution in [0.2, 0.25) is 13.1 Å². The number of rotatable bonds is 6. The van der Waals surface area contributed by atoms with Crippen molar-refractivity contribution in [2.75, 3.05) is 0 Å². The minimum Gasteiger partial charge on any atom is -1.00 e. The van der Waals surface area contributed by atoms with Gasteiger partial charge in [0.2, 0.25) is 0 Å². The summed E-state index contributed by atoms with van der Waals surface area (Å²) in [6.45, 7) is 5.37. The summed E-state index contributed by atoms with van der Waals surface area (Å²) in [5, 5.41) is 0. The molecular formula is C38H36Cl2SiZr. The minimum atomic E-state index is -2.11. The van der Waals surface area contributed by atoms with Crippen molar-refractivity contribution in [3.8, 4) is 22.3 Å². The largest absolute Gasteiger partial charge is 1.00 e. The van der Waals surface area contributed by atoms with Crippen LogP contribution in [0, 0.1) is 11.8 Å². The summed E-state index contributed by atoms with van der Waals surface area (Å²) >= 11 is -2.11. The number of halogens is 2. The molecule has 8 rings (SSSR count). The maximum absolute atomic E-state index is 2.70. The fourth-order valence-corrected chi connectivity index (χ4v) is 28.1. The predicted octanol–water partition coefficient (Wildman–Crippen LogP) is 4.29. The van der Waals surface area contributed by atoms with E-state index in [0.29, 0.717) is 0 Å². The summed E-state index contributed by atoms with van der Waals surface area (Å²) in [5.41, 5.74) is 15.3. The quantitative estimate of drug-likeness (QED) is 0.267. The molecule has 2 fully saturated rings. The Balaban J connectivity index is 0.00000158. The third-order valence-corrected chi connectivity index (χ3v) is 29.0. The Bertz CT molecular complexity index is 1600. The van der Waals surface area contributed by atoms with Crippen LogP contribution >= 0.6 is 0 Å². The molecule has 0 saturated heterocycles.